The zero-order chi connectivity index (χ0) is 9.84. The van der Waals surface area contributed by atoms with Crippen molar-refractivity contribution in [2.75, 3.05) is 0 Å². The van der Waals surface area contributed by atoms with Crippen LogP contribution in [0.4, 0.5) is 0 Å². The molecule has 1 rings (SSSR count). The van der Waals surface area contributed by atoms with Crippen molar-refractivity contribution >= 4 is 12.8 Å². The van der Waals surface area contributed by atoms with Crippen LogP contribution in [-0.4, -0.2) is 7.28 Å². The van der Waals surface area contributed by atoms with E-state index >= 15 is 0 Å². The minimum atomic E-state index is 0.588. The second kappa shape index (κ2) is 4.31. The van der Waals surface area contributed by atoms with Crippen molar-refractivity contribution in [2.45, 2.75) is 26.6 Å². The van der Waals surface area contributed by atoms with E-state index in [2.05, 4.69) is 44.7 Å². The number of benzene rings is 1. The molecule has 67 valence electrons. The minimum absolute atomic E-state index is 0.588. The highest BCUT2D eigenvalue weighted by molar-refractivity contribution is 6.59. The van der Waals surface area contributed by atoms with Gasteiger partial charge in [0, 0.05) is 0 Å². The molecule has 0 aliphatic heterocycles. The monoisotopic (exact) mass is 171 g/mol. The van der Waals surface area contributed by atoms with Crippen molar-refractivity contribution in [1.82, 2.24) is 0 Å². The van der Waals surface area contributed by atoms with Crippen molar-refractivity contribution < 1.29 is 0 Å². The van der Waals surface area contributed by atoms with Gasteiger partial charge in [-0.2, -0.15) is 0 Å². The third-order valence-corrected chi connectivity index (χ3v) is 2.27. The molecule has 1 aromatic carbocycles. The highest BCUT2D eigenvalue weighted by Gasteiger charge is 2.01. The molecular formula is C12H16B. The molecule has 0 aliphatic rings. The van der Waals surface area contributed by atoms with Crippen LogP contribution < -0.4 is 0 Å². The SMILES string of the molecule is C=C([B]C)c1cccc(C(C)C)c1. The van der Waals surface area contributed by atoms with Crippen LogP contribution in [0.25, 0.3) is 5.47 Å². The second-order valence-electron chi connectivity index (χ2n) is 3.59. The molecule has 0 spiro atoms. The molecular weight excluding hydrogens is 155 g/mol. The van der Waals surface area contributed by atoms with Crippen LogP contribution in [0.3, 0.4) is 0 Å². The predicted octanol–water partition coefficient (Wildman–Crippen LogP) is 3.53. The molecule has 0 fully saturated rings. The fraction of sp³-hybridized carbons (Fsp3) is 0.333. The highest BCUT2D eigenvalue weighted by atomic mass is 14.0. The fourth-order valence-corrected chi connectivity index (χ4v) is 1.26. The molecule has 0 N–H and O–H groups in total. The Morgan fingerprint density at radius 2 is 2.08 bits per heavy atom. The van der Waals surface area contributed by atoms with Gasteiger partial charge in [-0.05, 0) is 17.0 Å². The van der Waals surface area contributed by atoms with Crippen molar-refractivity contribution in [2.24, 2.45) is 0 Å². The van der Waals surface area contributed by atoms with Gasteiger partial charge in [-0.1, -0.05) is 50.4 Å². The maximum Gasteiger partial charge on any atom is 0.148 e. The maximum absolute atomic E-state index is 3.99. The third kappa shape index (κ3) is 2.48. The molecule has 0 atom stereocenters. The van der Waals surface area contributed by atoms with E-state index in [-0.39, 0.29) is 0 Å². The molecule has 1 heteroatoms. The lowest BCUT2D eigenvalue weighted by molar-refractivity contribution is 0.866. The van der Waals surface area contributed by atoms with Gasteiger partial charge in [-0.3, -0.25) is 0 Å². The lowest BCUT2D eigenvalue weighted by Gasteiger charge is -2.08. The molecule has 1 radical (unpaired) electrons. The van der Waals surface area contributed by atoms with Crippen LogP contribution in [-0.2, 0) is 0 Å². The van der Waals surface area contributed by atoms with E-state index in [1.54, 1.807) is 0 Å². The minimum Gasteiger partial charge on any atom is -0.105 e. The average molecular weight is 171 g/mol. The van der Waals surface area contributed by atoms with Gasteiger partial charge in [0.1, 0.15) is 7.28 Å². The summed E-state index contributed by atoms with van der Waals surface area (Å²) in [5.74, 6) is 0.588. The maximum atomic E-state index is 3.99. The van der Waals surface area contributed by atoms with E-state index in [9.17, 15) is 0 Å². The van der Waals surface area contributed by atoms with Crippen LogP contribution in [0, 0.1) is 0 Å². The van der Waals surface area contributed by atoms with Gasteiger partial charge < -0.3 is 0 Å². The van der Waals surface area contributed by atoms with Gasteiger partial charge in [0.15, 0.2) is 0 Å². The highest BCUT2D eigenvalue weighted by Crippen LogP contribution is 2.19. The number of hydrogen-bond acceptors (Lipinski definition) is 0. The molecule has 13 heavy (non-hydrogen) atoms. The normalized spacial score (nSPS) is 10.2. The Morgan fingerprint density at radius 1 is 1.38 bits per heavy atom. The zero-order valence-corrected chi connectivity index (χ0v) is 8.67. The molecule has 1 aromatic rings. The molecule has 0 saturated heterocycles. The van der Waals surface area contributed by atoms with Crippen molar-refractivity contribution in [1.29, 1.82) is 0 Å². The number of rotatable bonds is 3. The van der Waals surface area contributed by atoms with Crippen LogP contribution in [0.1, 0.15) is 30.9 Å². The first kappa shape index (κ1) is 10.1. The van der Waals surface area contributed by atoms with Crippen LogP contribution >= 0.6 is 0 Å². The summed E-state index contributed by atoms with van der Waals surface area (Å²) in [5.41, 5.74) is 3.71. The van der Waals surface area contributed by atoms with Crippen LogP contribution in [0.2, 0.25) is 6.82 Å². The average Bonchev–Trinajstić information content (AvgIpc) is 2.17. The second-order valence-corrected chi connectivity index (χ2v) is 3.59. The number of hydrogen-bond donors (Lipinski definition) is 0. The van der Waals surface area contributed by atoms with Crippen LogP contribution in [0.15, 0.2) is 30.8 Å². The van der Waals surface area contributed by atoms with Crippen molar-refractivity contribution in [3.8, 4) is 0 Å². The largest absolute Gasteiger partial charge is 0.148 e. The van der Waals surface area contributed by atoms with E-state index < -0.39 is 0 Å². The van der Waals surface area contributed by atoms with Crippen LogP contribution in [0.5, 0.6) is 0 Å². The van der Waals surface area contributed by atoms with E-state index in [1.165, 1.54) is 11.1 Å². The summed E-state index contributed by atoms with van der Waals surface area (Å²) < 4.78 is 0. The Hall–Kier alpha value is -0.975. The van der Waals surface area contributed by atoms with Gasteiger partial charge in [0.2, 0.25) is 0 Å². The Kier molecular flexibility index (Phi) is 3.35. The van der Waals surface area contributed by atoms with E-state index in [0.29, 0.717) is 5.92 Å². The summed E-state index contributed by atoms with van der Waals surface area (Å²) in [6.07, 6.45) is 0. The summed E-state index contributed by atoms with van der Waals surface area (Å²) in [6, 6.07) is 8.58. The zero-order valence-electron chi connectivity index (χ0n) is 8.67. The van der Waals surface area contributed by atoms with Gasteiger partial charge in [0.25, 0.3) is 0 Å². The van der Waals surface area contributed by atoms with Gasteiger partial charge >= 0.3 is 0 Å². The summed E-state index contributed by atoms with van der Waals surface area (Å²) in [5, 5.41) is 0. The van der Waals surface area contributed by atoms with Crippen molar-refractivity contribution in [3.05, 3.63) is 42.0 Å². The molecule has 0 aliphatic carbocycles. The first-order valence-corrected chi connectivity index (χ1v) is 4.73. The van der Waals surface area contributed by atoms with Gasteiger partial charge in [-0.15, -0.1) is 6.58 Å². The molecule has 0 unspecified atom stereocenters. The Balaban J connectivity index is 2.98. The molecule has 0 saturated carbocycles. The van der Waals surface area contributed by atoms with E-state index in [1.807, 2.05) is 14.1 Å². The summed E-state index contributed by atoms with van der Waals surface area (Å²) in [4.78, 5) is 0. The molecule has 0 amide bonds. The standard InChI is InChI=1S/C12H16B/c1-9(2)11-6-5-7-12(8-11)10(3)13-4/h5-9H,3H2,1-2,4H3. The predicted molar refractivity (Wildman–Crippen MR) is 61.2 cm³/mol. The summed E-state index contributed by atoms with van der Waals surface area (Å²) >= 11 is 0. The first-order valence-electron chi connectivity index (χ1n) is 4.73. The molecule has 0 nitrogen and oxygen atoms in total. The molecule has 0 bridgehead atoms. The smallest absolute Gasteiger partial charge is 0.105 e. The Bertz CT molecular complexity index is 300. The molecule has 0 heterocycles. The quantitative estimate of drug-likeness (QED) is 0.610. The first-order chi connectivity index (χ1) is 6.15. The fourth-order valence-electron chi connectivity index (χ4n) is 1.26. The third-order valence-electron chi connectivity index (χ3n) is 2.27. The van der Waals surface area contributed by atoms with Gasteiger partial charge in [-0.25, -0.2) is 0 Å². The van der Waals surface area contributed by atoms with E-state index in [4.69, 9.17) is 0 Å². The van der Waals surface area contributed by atoms with Gasteiger partial charge in [0.05, 0.1) is 0 Å². The molecule has 0 aromatic heterocycles. The summed E-state index contributed by atoms with van der Waals surface area (Å²) in [7, 11) is 2.04. The Morgan fingerprint density at radius 3 is 2.62 bits per heavy atom. The van der Waals surface area contributed by atoms with Crippen molar-refractivity contribution in [3.63, 3.8) is 0 Å². The summed E-state index contributed by atoms with van der Waals surface area (Å²) in [6.45, 7) is 10.4. The lowest BCUT2D eigenvalue weighted by Crippen LogP contribution is -1.92. The topological polar surface area (TPSA) is 0 Å². The Labute approximate surface area is 81.9 Å². The van der Waals surface area contributed by atoms with E-state index in [0.717, 1.165) is 5.47 Å². The lowest BCUT2D eigenvalue weighted by atomic mass is 9.70.